The summed E-state index contributed by atoms with van der Waals surface area (Å²) in [5.74, 6) is -1.05. The van der Waals surface area contributed by atoms with Crippen LogP contribution in [-0.2, 0) is 0 Å². The van der Waals surface area contributed by atoms with Crippen molar-refractivity contribution in [3.05, 3.63) is 28.8 Å². The van der Waals surface area contributed by atoms with Gasteiger partial charge in [0, 0.05) is 25.7 Å². The van der Waals surface area contributed by atoms with E-state index in [9.17, 15) is 9.59 Å². The Morgan fingerprint density at radius 2 is 2.10 bits per heavy atom. The van der Waals surface area contributed by atoms with Gasteiger partial charge in [-0.1, -0.05) is 11.6 Å². The van der Waals surface area contributed by atoms with E-state index >= 15 is 0 Å². The fourth-order valence-corrected chi connectivity index (χ4v) is 2.40. The molecule has 1 heterocycles. The number of nitrogens with one attached hydrogen (secondary N) is 1. The summed E-state index contributed by atoms with van der Waals surface area (Å²) in [4.78, 5) is 27.0. The van der Waals surface area contributed by atoms with Gasteiger partial charge in [-0.25, -0.2) is 9.59 Å². The van der Waals surface area contributed by atoms with E-state index in [1.807, 2.05) is 7.05 Å². The molecule has 6 nitrogen and oxygen atoms in total. The van der Waals surface area contributed by atoms with E-state index in [2.05, 4.69) is 17.1 Å². The number of piperazine rings is 1. The first-order valence-corrected chi connectivity index (χ1v) is 7.05. The molecule has 0 radical (unpaired) electrons. The monoisotopic (exact) mass is 311 g/mol. The van der Waals surface area contributed by atoms with E-state index in [-0.39, 0.29) is 16.6 Å². The summed E-state index contributed by atoms with van der Waals surface area (Å²) in [6.45, 7) is 4.18. The number of aromatic carboxylic acids is 1. The number of carboxylic acids is 1. The van der Waals surface area contributed by atoms with Crippen LogP contribution in [0.4, 0.5) is 10.5 Å². The van der Waals surface area contributed by atoms with E-state index in [0.29, 0.717) is 24.8 Å². The summed E-state index contributed by atoms with van der Waals surface area (Å²) >= 11 is 6.00. The van der Waals surface area contributed by atoms with Gasteiger partial charge in [0.15, 0.2) is 0 Å². The highest BCUT2D eigenvalue weighted by molar-refractivity contribution is 6.34. The Kier molecular flexibility index (Phi) is 4.69. The lowest BCUT2D eigenvalue weighted by Gasteiger charge is -2.37. The lowest BCUT2D eigenvalue weighted by molar-refractivity contribution is 0.0697. The first-order chi connectivity index (χ1) is 9.88. The zero-order valence-corrected chi connectivity index (χ0v) is 12.7. The van der Waals surface area contributed by atoms with Crippen LogP contribution in [0.15, 0.2) is 18.2 Å². The number of carbonyl (C=O) groups is 2. The number of anilines is 1. The largest absolute Gasteiger partial charge is 0.478 e. The molecule has 0 aliphatic carbocycles. The third-order valence-electron chi connectivity index (χ3n) is 3.70. The van der Waals surface area contributed by atoms with E-state index < -0.39 is 5.97 Å². The van der Waals surface area contributed by atoms with E-state index in [1.165, 1.54) is 18.2 Å². The van der Waals surface area contributed by atoms with Crippen LogP contribution in [0.2, 0.25) is 5.02 Å². The zero-order valence-electron chi connectivity index (χ0n) is 12.0. The van der Waals surface area contributed by atoms with Crippen LogP contribution >= 0.6 is 11.6 Å². The van der Waals surface area contributed by atoms with Crippen molar-refractivity contribution in [1.29, 1.82) is 0 Å². The minimum atomic E-state index is -1.05. The standard InChI is InChI=1S/C14H18ClN3O3/c1-9-8-18(6-5-17(9)2)14(21)16-12-4-3-10(13(19)20)7-11(12)15/h3-4,7,9H,5-6,8H2,1-2H3,(H,16,21)(H,19,20). The third-order valence-corrected chi connectivity index (χ3v) is 4.02. The number of hydrogen-bond donors (Lipinski definition) is 2. The summed E-state index contributed by atoms with van der Waals surface area (Å²) in [6.07, 6.45) is 0. The number of rotatable bonds is 2. The van der Waals surface area contributed by atoms with Crippen LogP contribution in [0.5, 0.6) is 0 Å². The van der Waals surface area contributed by atoms with Gasteiger partial charge in [0.05, 0.1) is 16.3 Å². The van der Waals surface area contributed by atoms with Gasteiger partial charge in [-0.2, -0.15) is 0 Å². The Morgan fingerprint density at radius 3 is 2.67 bits per heavy atom. The quantitative estimate of drug-likeness (QED) is 0.878. The van der Waals surface area contributed by atoms with Crippen LogP contribution in [0.1, 0.15) is 17.3 Å². The average Bonchev–Trinajstić information content (AvgIpc) is 2.43. The lowest BCUT2D eigenvalue weighted by atomic mass is 10.2. The molecule has 2 N–H and O–H groups in total. The smallest absolute Gasteiger partial charge is 0.335 e. The molecule has 0 spiro atoms. The van der Waals surface area contributed by atoms with Crippen molar-refractivity contribution in [1.82, 2.24) is 9.80 Å². The molecule has 7 heteroatoms. The van der Waals surface area contributed by atoms with Gasteiger partial charge >= 0.3 is 12.0 Å². The minimum absolute atomic E-state index is 0.0891. The van der Waals surface area contributed by atoms with Crippen LogP contribution in [-0.4, -0.2) is 59.6 Å². The Bertz CT molecular complexity index is 564. The molecule has 1 unspecified atom stereocenters. The maximum atomic E-state index is 12.2. The van der Waals surface area contributed by atoms with Crippen molar-refractivity contribution >= 4 is 29.3 Å². The molecule has 21 heavy (non-hydrogen) atoms. The van der Waals surface area contributed by atoms with Gasteiger partial charge in [-0.05, 0) is 32.2 Å². The average molecular weight is 312 g/mol. The summed E-state index contributed by atoms with van der Waals surface area (Å²) < 4.78 is 0. The first-order valence-electron chi connectivity index (χ1n) is 6.67. The normalized spacial score (nSPS) is 19.4. The first kappa shape index (κ1) is 15.6. The topological polar surface area (TPSA) is 72.9 Å². The van der Waals surface area contributed by atoms with Gasteiger partial charge in [-0.3, -0.25) is 0 Å². The molecule has 1 saturated heterocycles. The molecule has 1 atom stereocenters. The van der Waals surface area contributed by atoms with Crippen LogP contribution < -0.4 is 5.32 Å². The molecule has 2 amide bonds. The summed E-state index contributed by atoms with van der Waals surface area (Å²) in [5, 5.41) is 11.8. The predicted molar refractivity (Wildman–Crippen MR) is 81.1 cm³/mol. The summed E-state index contributed by atoms with van der Waals surface area (Å²) in [6, 6.07) is 4.32. The van der Waals surface area contributed by atoms with Gasteiger partial charge in [-0.15, -0.1) is 0 Å². The molecule has 2 rings (SSSR count). The fraction of sp³-hybridized carbons (Fsp3) is 0.429. The van der Waals surface area contributed by atoms with Crippen molar-refractivity contribution in [3.63, 3.8) is 0 Å². The maximum Gasteiger partial charge on any atom is 0.335 e. The predicted octanol–water partition coefficient (Wildman–Crippen LogP) is 2.21. The fourth-order valence-electron chi connectivity index (χ4n) is 2.18. The number of carboxylic acid groups (broad SMARTS) is 1. The molecular weight excluding hydrogens is 294 g/mol. The third kappa shape index (κ3) is 3.65. The lowest BCUT2D eigenvalue weighted by Crippen LogP contribution is -2.53. The highest BCUT2D eigenvalue weighted by Gasteiger charge is 2.24. The summed E-state index contributed by atoms with van der Waals surface area (Å²) in [5.41, 5.74) is 0.504. The van der Waals surface area contributed by atoms with Crippen molar-refractivity contribution in [2.45, 2.75) is 13.0 Å². The number of carbonyl (C=O) groups excluding carboxylic acids is 1. The molecule has 1 aliphatic rings. The van der Waals surface area contributed by atoms with Gasteiger partial charge in [0.25, 0.3) is 0 Å². The van der Waals surface area contributed by atoms with Crippen molar-refractivity contribution in [2.24, 2.45) is 0 Å². The molecule has 0 saturated carbocycles. The minimum Gasteiger partial charge on any atom is -0.478 e. The number of nitrogens with zero attached hydrogens (tertiary/aromatic N) is 2. The van der Waals surface area contributed by atoms with Crippen LogP contribution in [0, 0.1) is 0 Å². The SMILES string of the molecule is CC1CN(C(=O)Nc2ccc(C(=O)O)cc2Cl)CCN1C. The van der Waals surface area contributed by atoms with Crippen molar-refractivity contribution < 1.29 is 14.7 Å². The van der Waals surface area contributed by atoms with Crippen LogP contribution in [0.25, 0.3) is 0 Å². The second-order valence-electron chi connectivity index (χ2n) is 5.21. The number of amides is 2. The number of benzene rings is 1. The number of urea groups is 1. The van der Waals surface area contributed by atoms with Gasteiger partial charge in [0.2, 0.25) is 0 Å². The molecule has 0 aromatic heterocycles. The molecule has 1 aromatic rings. The summed E-state index contributed by atoms with van der Waals surface area (Å²) in [7, 11) is 2.03. The van der Waals surface area contributed by atoms with E-state index in [0.717, 1.165) is 6.54 Å². The van der Waals surface area contributed by atoms with Crippen molar-refractivity contribution in [3.8, 4) is 0 Å². The Labute approximate surface area is 128 Å². The van der Waals surface area contributed by atoms with Gasteiger partial charge in [0.1, 0.15) is 0 Å². The zero-order chi connectivity index (χ0) is 15.6. The number of halogens is 1. The Balaban J connectivity index is 2.04. The molecule has 0 bridgehead atoms. The molecule has 114 valence electrons. The highest BCUT2D eigenvalue weighted by Crippen LogP contribution is 2.23. The molecular formula is C14H18ClN3O3. The number of hydrogen-bond acceptors (Lipinski definition) is 3. The van der Waals surface area contributed by atoms with E-state index in [4.69, 9.17) is 16.7 Å². The Hall–Kier alpha value is -1.79. The maximum absolute atomic E-state index is 12.2. The highest BCUT2D eigenvalue weighted by atomic mass is 35.5. The van der Waals surface area contributed by atoms with Crippen LogP contribution in [0.3, 0.4) is 0 Å². The van der Waals surface area contributed by atoms with Gasteiger partial charge < -0.3 is 20.2 Å². The Morgan fingerprint density at radius 1 is 1.38 bits per heavy atom. The van der Waals surface area contributed by atoms with Crippen molar-refractivity contribution in [2.75, 3.05) is 32.0 Å². The second kappa shape index (κ2) is 6.32. The second-order valence-corrected chi connectivity index (χ2v) is 5.61. The number of likely N-dealkylation sites (N-methyl/N-ethyl adjacent to an activating group) is 1. The van der Waals surface area contributed by atoms with E-state index in [1.54, 1.807) is 4.90 Å². The molecule has 1 aromatic carbocycles. The molecule has 1 fully saturated rings. The molecule has 1 aliphatic heterocycles.